The van der Waals surface area contributed by atoms with Crippen molar-refractivity contribution in [3.8, 4) is 11.1 Å². The number of hydrogen-bond acceptors (Lipinski definition) is 2. The summed E-state index contributed by atoms with van der Waals surface area (Å²) in [5.74, 6) is -0.0917. The lowest BCUT2D eigenvalue weighted by molar-refractivity contribution is -0.921. The minimum absolute atomic E-state index is 0.0917. The number of benzene rings is 3. The highest BCUT2D eigenvalue weighted by atomic mass is 16.5. The fourth-order valence-corrected chi connectivity index (χ4v) is 3.58. The Balaban J connectivity index is 1.45. The van der Waals surface area contributed by atoms with Crippen LogP contribution in [0.4, 0.5) is 5.69 Å². The fourth-order valence-electron chi connectivity index (χ4n) is 3.58. The van der Waals surface area contributed by atoms with Gasteiger partial charge >= 0.3 is 0 Å². The summed E-state index contributed by atoms with van der Waals surface area (Å²) in [6.07, 6.45) is 0. The summed E-state index contributed by atoms with van der Waals surface area (Å²) in [5, 5.41) is 3.03. The molecule has 3 aromatic rings. The molecule has 4 rings (SSSR count). The Morgan fingerprint density at radius 1 is 0.857 bits per heavy atom. The van der Waals surface area contributed by atoms with E-state index in [0.717, 1.165) is 49.7 Å². The molecule has 0 spiro atoms. The summed E-state index contributed by atoms with van der Waals surface area (Å²) in [7, 11) is 0. The first-order chi connectivity index (χ1) is 13.8. The third-order valence-electron chi connectivity index (χ3n) is 5.12. The van der Waals surface area contributed by atoms with Crippen molar-refractivity contribution in [2.24, 2.45) is 0 Å². The van der Waals surface area contributed by atoms with Gasteiger partial charge in [0.25, 0.3) is 5.91 Å². The Bertz CT molecular complexity index is 917. The number of anilines is 1. The lowest BCUT2D eigenvalue weighted by atomic mass is 9.99. The van der Waals surface area contributed by atoms with Crippen molar-refractivity contribution in [1.82, 2.24) is 0 Å². The van der Waals surface area contributed by atoms with Gasteiger partial charge in [-0.15, -0.1) is 0 Å². The Morgan fingerprint density at radius 3 is 2.29 bits per heavy atom. The van der Waals surface area contributed by atoms with E-state index in [0.29, 0.717) is 5.56 Å². The number of nitrogens with one attached hydrogen (secondary N) is 2. The zero-order valence-electron chi connectivity index (χ0n) is 15.9. The minimum atomic E-state index is -0.0917. The molecule has 4 nitrogen and oxygen atoms in total. The molecule has 1 saturated heterocycles. The molecule has 1 aliphatic heterocycles. The van der Waals surface area contributed by atoms with E-state index in [1.807, 2.05) is 66.7 Å². The van der Waals surface area contributed by atoms with Crippen LogP contribution in [0, 0.1) is 0 Å². The van der Waals surface area contributed by atoms with Gasteiger partial charge in [0.1, 0.15) is 19.6 Å². The number of carbonyl (C=O) groups excluding carboxylic acids is 1. The van der Waals surface area contributed by atoms with Gasteiger partial charge in [0.15, 0.2) is 0 Å². The van der Waals surface area contributed by atoms with E-state index in [4.69, 9.17) is 4.74 Å². The molecule has 0 bridgehead atoms. The third-order valence-corrected chi connectivity index (χ3v) is 5.12. The molecule has 1 amide bonds. The van der Waals surface area contributed by atoms with Crippen LogP contribution in [0.2, 0.25) is 0 Å². The number of morpholine rings is 1. The molecule has 0 aliphatic carbocycles. The lowest BCUT2D eigenvalue weighted by Crippen LogP contribution is -3.12. The molecule has 0 aromatic heterocycles. The van der Waals surface area contributed by atoms with Gasteiger partial charge in [0, 0.05) is 16.8 Å². The number of carbonyl (C=O) groups is 1. The van der Waals surface area contributed by atoms with Gasteiger partial charge in [0.05, 0.1) is 13.2 Å². The van der Waals surface area contributed by atoms with Gasteiger partial charge in [-0.25, -0.2) is 0 Å². The highest BCUT2D eigenvalue weighted by molar-refractivity contribution is 6.08. The van der Waals surface area contributed by atoms with E-state index in [1.54, 1.807) is 4.90 Å². The van der Waals surface area contributed by atoms with Gasteiger partial charge in [0.2, 0.25) is 0 Å². The maximum absolute atomic E-state index is 12.9. The van der Waals surface area contributed by atoms with Crippen LogP contribution in [0.25, 0.3) is 11.1 Å². The van der Waals surface area contributed by atoms with Crippen molar-refractivity contribution in [1.29, 1.82) is 0 Å². The number of hydrogen-bond donors (Lipinski definition) is 2. The van der Waals surface area contributed by atoms with Crippen LogP contribution in [0.5, 0.6) is 0 Å². The first-order valence-electron chi connectivity index (χ1n) is 9.76. The molecule has 1 heterocycles. The van der Waals surface area contributed by atoms with Crippen molar-refractivity contribution in [2.75, 3.05) is 31.6 Å². The van der Waals surface area contributed by atoms with Crippen LogP contribution < -0.4 is 10.2 Å². The summed E-state index contributed by atoms with van der Waals surface area (Å²) in [6, 6.07) is 25.9. The average Bonchev–Trinajstić information content (AvgIpc) is 2.76. The molecular formula is C24H25N2O2+. The normalized spacial score (nSPS) is 14.6. The number of rotatable bonds is 5. The predicted octanol–water partition coefficient (Wildman–Crippen LogP) is 3.02. The van der Waals surface area contributed by atoms with E-state index in [9.17, 15) is 4.79 Å². The number of amides is 1. The van der Waals surface area contributed by atoms with Crippen molar-refractivity contribution in [2.45, 2.75) is 6.54 Å². The summed E-state index contributed by atoms with van der Waals surface area (Å²) < 4.78 is 5.42. The maximum Gasteiger partial charge on any atom is 0.256 e. The molecule has 0 saturated carbocycles. The summed E-state index contributed by atoms with van der Waals surface area (Å²) in [4.78, 5) is 14.4. The molecule has 2 N–H and O–H groups in total. The topological polar surface area (TPSA) is 42.8 Å². The monoisotopic (exact) mass is 373 g/mol. The SMILES string of the molecule is O=C(Nc1ccc(C[NH+]2CCOCC2)cc1)c1ccccc1-c1ccccc1. The predicted molar refractivity (Wildman–Crippen MR) is 111 cm³/mol. The Kier molecular flexibility index (Phi) is 5.80. The largest absolute Gasteiger partial charge is 0.370 e. The van der Waals surface area contributed by atoms with Crippen LogP contribution >= 0.6 is 0 Å². The van der Waals surface area contributed by atoms with Crippen LogP contribution in [-0.4, -0.2) is 32.2 Å². The minimum Gasteiger partial charge on any atom is -0.370 e. The molecule has 0 unspecified atom stereocenters. The fraction of sp³-hybridized carbons (Fsp3) is 0.208. The first-order valence-corrected chi connectivity index (χ1v) is 9.76. The molecule has 3 aromatic carbocycles. The van der Waals surface area contributed by atoms with Gasteiger partial charge in [-0.1, -0.05) is 60.7 Å². The van der Waals surface area contributed by atoms with Crippen molar-refractivity contribution >= 4 is 11.6 Å². The summed E-state index contributed by atoms with van der Waals surface area (Å²) >= 11 is 0. The second-order valence-electron chi connectivity index (χ2n) is 7.10. The van der Waals surface area contributed by atoms with Crippen molar-refractivity contribution in [3.63, 3.8) is 0 Å². The highest BCUT2D eigenvalue weighted by Gasteiger charge is 2.15. The van der Waals surface area contributed by atoms with Crippen molar-refractivity contribution in [3.05, 3.63) is 90.0 Å². The van der Waals surface area contributed by atoms with E-state index >= 15 is 0 Å². The molecular weight excluding hydrogens is 348 g/mol. The maximum atomic E-state index is 12.9. The van der Waals surface area contributed by atoms with Crippen molar-refractivity contribution < 1.29 is 14.4 Å². The molecule has 1 aliphatic rings. The third kappa shape index (κ3) is 4.47. The van der Waals surface area contributed by atoms with E-state index in [2.05, 4.69) is 17.4 Å². The summed E-state index contributed by atoms with van der Waals surface area (Å²) in [5.41, 5.74) is 4.74. The number of quaternary nitrogens is 1. The zero-order valence-corrected chi connectivity index (χ0v) is 15.9. The Labute approximate surface area is 165 Å². The van der Waals surface area contributed by atoms with E-state index in [-0.39, 0.29) is 5.91 Å². The van der Waals surface area contributed by atoms with E-state index < -0.39 is 0 Å². The molecule has 0 atom stereocenters. The van der Waals surface area contributed by atoms with Crippen LogP contribution in [0.3, 0.4) is 0 Å². The lowest BCUT2D eigenvalue weighted by Gasteiger charge is -2.23. The second-order valence-corrected chi connectivity index (χ2v) is 7.10. The average molecular weight is 373 g/mol. The van der Waals surface area contributed by atoms with Crippen LogP contribution in [-0.2, 0) is 11.3 Å². The van der Waals surface area contributed by atoms with Gasteiger partial charge < -0.3 is 15.0 Å². The number of ether oxygens (including phenoxy) is 1. The van der Waals surface area contributed by atoms with Gasteiger partial charge in [-0.05, 0) is 29.3 Å². The molecule has 28 heavy (non-hydrogen) atoms. The zero-order chi connectivity index (χ0) is 19.2. The standard InChI is InChI=1S/C24H24N2O2/c27-24(23-9-5-4-8-22(23)20-6-2-1-3-7-20)25-21-12-10-19(11-13-21)18-26-14-16-28-17-15-26/h1-13H,14-18H2,(H,25,27)/p+1. The molecule has 142 valence electrons. The second kappa shape index (κ2) is 8.83. The van der Waals surface area contributed by atoms with Gasteiger partial charge in [-0.2, -0.15) is 0 Å². The quantitative estimate of drug-likeness (QED) is 0.722. The smallest absolute Gasteiger partial charge is 0.256 e. The highest BCUT2D eigenvalue weighted by Crippen LogP contribution is 2.24. The van der Waals surface area contributed by atoms with Gasteiger partial charge in [-0.3, -0.25) is 4.79 Å². The summed E-state index contributed by atoms with van der Waals surface area (Å²) in [6.45, 7) is 4.77. The first kappa shape index (κ1) is 18.4. The van der Waals surface area contributed by atoms with E-state index in [1.165, 1.54) is 5.56 Å². The molecule has 0 radical (unpaired) electrons. The van der Waals surface area contributed by atoms with Crippen LogP contribution in [0.15, 0.2) is 78.9 Å². The molecule has 4 heteroatoms. The molecule has 1 fully saturated rings. The Morgan fingerprint density at radius 2 is 1.54 bits per heavy atom. The Hall–Kier alpha value is -2.95. The van der Waals surface area contributed by atoms with Crippen LogP contribution in [0.1, 0.15) is 15.9 Å².